The number of hydrogen-bond acceptors (Lipinski definition) is 4. The zero-order chi connectivity index (χ0) is 13.8. The quantitative estimate of drug-likeness (QED) is 0.882. The molecule has 2 rings (SSSR count). The van der Waals surface area contributed by atoms with E-state index in [1.54, 1.807) is 0 Å². The summed E-state index contributed by atoms with van der Waals surface area (Å²) in [5.74, 6) is 1.94. The Bertz CT molecular complexity index is 461. The molecule has 0 aromatic heterocycles. The highest BCUT2D eigenvalue weighted by Crippen LogP contribution is 2.28. The summed E-state index contributed by atoms with van der Waals surface area (Å²) in [6, 6.07) is 5.79. The molecule has 1 aliphatic heterocycles. The van der Waals surface area contributed by atoms with E-state index in [1.807, 2.05) is 49.0 Å². The molecule has 1 aromatic rings. The van der Waals surface area contributed by atoms with E-state index < -0.39 is 0 Å². The molecular formula is C13H18BrN3OS. The number of rotatable bonds is 3. The molecule has 1 aromatic carbocycles. The number of halogens is 1. The Hall–Kier alpha value is -0.720. The van der Waals surface area contributed by atoms with Gasteiger partial charge in [0, 0.05) is 36.6 Å². The largest absolute Gasteiger partial charge is 0.376 e. The predicted octanol–water partition coefficient (Wildman–Crippen LogP) is 2.16. The zero-order valence-electron chi connectivity index (χ0n) is 11.1. The lowest BCUT2D eigenvalue weighted by Gasteiger charge is -2.24. The Balaban J connectivity index is 2.13. The van der Waals surface area contributed by atoms with Crippen molar-refractivity contribution in [1.29, 1.82) is 0 Å². The van der Waals surface area contributed by atoms with Crippen molar-refractivity contribution in [2.45, 2.75) is 6.04 Å². The van der Waals surface area contributed by atoms with Gasteiger partial charge in [-0.25, -0.2) is 0 Å². The fourth-order valence-corrected chi connectivity index (χ4v) is 3.25. The molecular weight excluding hydrogens is 326 g/mol. The van der Waals surface area contributed by atoms with Gasteiger partial charge >= 0.3 is 0 Å². The molecule has 0 radical (unpaired) electrons. The van der Waals surface area contributed by atoms with Crippen LogP contribution in [0.15, 0.2) is 22.7 Å². The van der Waals surface area contributed by atoms with E-state index in [1.165, 1.54) is 0 Å². The summed E-state index contributed by atoms with van der Waals surface area (Å²) in [6.07, 6.45) is 0. The summed E-state index contributed by atoms with van der Waals surface area (Å²) in [5.41, 5.74) is 1.83. The van der Waals surface area contributed by atoms with Crippen LogP contribution in [0.25, 0.3) is 0 Å². The fourth-order valence-electron chi connectivity index (χ4n) is 1.95. The smallest absolute Gasteiger partial charge is 0.242 e. The maximum Gasteiger partial charge on any atom is 0.242 e. The highest BCUT2D eigenvalue weighted by molar-refractivity contribution is 9.10. The van der Waals surface area contributed by atoms with Gasteiger partial charge < -0.3 is 15.5 Å². The molecule has 1 fully saturated rings. The number of thioether (sulfide) groups is 1. The van der Waals surface area contributed by atoms with Crippen LogP contribution < -0.4 is 15.5 Å². The number of carbonyl (C=O) groups is 1. The van der Waals surface area contributed by atoms with Gasteiger partial charge in [0.1, 0.15) is 0 Å². The van der Waals surface area contributed by atoms with Crippen LogP contribution >= 0.6 is 27.7 Å². The first-order valence-corrected chi connectivity index (χ1v) is 8.11. The highest BCUT2D eigenvalue weighted by Gasteiger charge is 2.21. The molecule has 104 valence electrons. The van der Waals surface area contributed by atoms with Crippen LogP contribution in [0, 0.1) is 0 Å². The Morgan fingerprint density at radius 3 is 2.95 bits per heavy atom. The van der Waals surface area contributed by atoms with Crippen LogP contribution in [-0.4, -0.2) is 44.1 Å². The lowest BCUT2D eigenvalue weighted by atomic mass is 10.2. The van der Waals surface area contributed by atoms with Crippen LogP contribution in [-0.2, 0) is 4.79 Å². The van der Waals surface area contributed by atoms with Gasteiger partial charge in [-0.05, 0) is 18.2 Å². The van der Waals surface area contributed by atoms with Crippen molar-refractivity contribution >= 4 is 45.0 Å². The molecule has 0 saturated carbocycles. The standard InChI is InChI=1S/C13H18BrN3OS/c1-17(2)12-4-3-9(14)7-10(12)16-13(18)11-8-19-6-5-15-11/h3-4,7,11,15H,5-6,8H2,1-2H3,(H,16,18). The van der Waals surface area contributed by atoms with Gasteiger partial charge in [0.05, 0.1) is 17.4 Å². The molecule has 0 spiro atoms. The molecule has 2 N–H and O–H groups in total. The SMILES string of the molecule is CN(C)c1ccc(Br)cc1NC(=O)C1CSCCN1. The van der Waals surface area contributed by atoms with Crippen molar-refractivity contribution in [2.75, 3.05) is 42.4 Å². The van der Waals surface area contributed by atoms with E-state index in [0.29, 0.717) is 0 Å². The average Bonchev–Trinajstić information content (AvgIpc) is 2.39. The third-order valence-corrected chi connectivity index (χ3v) is 4.49. The van der Waals surface area contributed by atoms with Crippen molar-refractivity contribution in [3.05, 3.63) is 22.7 Å². The first kappa shape index (κ1) is 14.7. The van der Waals surface area contributed by atoms with Crippen LogP contribution in [0.4, 0.5) is 11.4 Å². The van der Waals surface area contributed by atoms with Gasteiger partial charge in [0.2, 0.25) is 5.91 Å². The van der Waals surface area contributed by atoms with E-state index in [0.717, 1.165) is 33.9 Å². The van der Waals surface area contributed by atoms with Gasteiger partial charge in [0.15, 0.2) is 0 Å². The minimum absolute atomic E-state index is 0.0356. The molecule has 0 aliphatic carbocycles. The number of amides is 1. The van der Waals surface area contributed by atoms with Gasteiger partial charge in [0.25, 0.3) is 0 Å². The number of carbonyl (C=O) groups excluding carboxylic acids is 1. The molecule has 19 heavy (non-hydrogen) atoms. The maximum atomic E-state index is 12.2. The maximum absolute atomic E-state index is 12.2. The zero-order valence-corrected chi connectivity index (χ0v) is 13.5. The molecule has 4 nitrogen and oxygen atoms in total. The van der Waals surface area contributed by atoms with Crippen LogP contribution in [0.5, 0.6) is 0 Å². The Kier molecular flexibility index (Phi) is 5.13. The molecule has 6 heteroatoms. The molecule has 1 saturated heterocycles. The molecule has 1 unspecified atom stereocenters. The lowest BCUT2D eigenvalue weighted by Crippen LogP contribution is -2.46. The van der Waals surface area contributed by atoms with Gasteiger partial charge in [-0.2, -0.15) is 11.8 Å². The van der Waals surface area contributed by atoms with E-state index in [9.17, 15) is 4.79 Å². The molecule has 1 amide bonds. The first-order valence-electron chi connectivity index (χ1n) is 6.17. The third kappa shape index (κ3) is 3.87. The van der Waals surface area contributed by atoms with Crippen molar-refractivity contribution in [1.82, 2.24) is 5.32 Å². The highest BCUT2D eigenvalue weighted by atomic mass is 79.9. The van der Waals surface area contributed by atoms with E-state index >= 15 is 0 Å². The lowest BCUT2D eigenvalue weighted by molar-refractivity contribution is -0.117. The van der Waals surface area contributed by atoms with Gasteiger partial charge in [-0.15, -0.1) is 0 Å². The third-order valence-electron chi connectivity index (χ3n) is 2.94. The summed E-state index contributed by atoms with van der Waals surface area (Å²) in [4.78, 5) is 14.2. The molecule has 1 atom stereocenters. The Morgan fingerprint density at radius 2 is 2.32 bits per heavy atom. The Labute approximate surface area is 126 Å². The average molecular weight is 344 g/mol. The summed E-state index contributed by atoms with van der Waals surface area (Å²) in [5, 5.41) is 6.26. The summed E-state index contributed by atoms with van der Waals surface area (Å²) >= 11 is 5.25. The van der Waals surface area contributed by atoms with Crippen molar-refractivity contribution in [2.24, 2.45) is 0 Å². The summed E-state index contributed by atoms with van der Waals surface area (Å²) < 4.78 is 0.958. The number of nitrogens with one attached hydrogen (secondary N) is 2. The second kappa shape index (κ2) is 6.63. The number of benzene rings is 1. The topological polar surface area (TPSA) is 44.4 Å². The summed E-state index contributed by atoms with van der Waals surface area (Å²) in [7, 11) is 3.93. The van der Waals surface area contributed by atoms with Crippen LogP contribution in [0.3, 0.4) is 0 Å². The second-order valence-corrected chi connectivity index (χ2v) is 6.69. The number of anilines is 2. The van der Waals surface area contributed by atoms with E-state index in [4.69, 9.17) is 0 Å². The van der Waals surface area contributed by atoms with E-state index in [-0.39, 0.29) is 11.9 Å². The van der Waals surface area contributed by atoms with E-state index in [2.05, 4.69) is 26.6 Å². The Morgan fingerprint density at radius 1 is 1.53 bits per heavy atom. The molecule has 1 aliphatic rings. The molecule has 0 bridgehead atoms. The van der Waals surface area contributed by atoms with Crippen LogP contribution in [0.1, 0.15) is 0 Å². The minimum Gasteiger partial charge on any atom is -0.376 e. The normalized spacial score (nSPS) is 19.0. The number of hydrogen-bond donors (Lipinski definition) is 2. The number of nitrogens with zero attached hydrogens (tertiary/aromatic N) is 1. The second-order valence-electron chi connectivity index (χ2n) is 4.63. The fraction of sp³-hybridized carbons (Fsp3) is 0.462. The van der Waals surface area contributed by atoms with Crippen molar-refractivity contribution in [3.8, 4) is 0 Å². The summed E-state index contributed by atoms with van der Waals surface area (Å²) in [6.45, 7) is 0.891. The van der Waals surface area contributed by atoms with Gasteiger partial charge in [-0.1, -0.05) is 15.9 Å². The molecule has 1 heterocycles. The predicted molar refractivity (Wildman–Crippen MR) is 86.2 cm³/mol. The van der Waals surface area contributed by atoms with Crippen LogP contribution in [0.2, 0.25) is 0 Å². The first-order chi connectivity index (χ1) is 9.08. The van der Waals surface area contributed by atoms with Gasteiger partial charge in [-0.3, -0.25) is 4.79 Å². The minimum atomic E-state index is -0.104. The van der Waals surface area contributed by atoms with Crippen molar-refractivity contribution in [3.63, 3.8) is 0 Å². The monoisotopic (exact) mass is 343 g/mol. The van der Waals surface area contributed by atoms with Crippen molar-refractivity contribution < 1.29 is 4.79 Å².